The molecule has 2 unspecified atom stereocenters. The van der Waals surface area contributed by atoms with Crippen molar-refractivity contribution in [2.45, 2.75) is 38.1 Å². The minimum Gasteiger partial charge on any atom is -0.327 e. The molecule has 1 fully saturated rings. The van der Waals surface area contributed by atoms with E-state index in [-0.39, 0.29) is 23.4 Å². The molecule has 1 aliphatic carbocycles. The van der Waals surface area contributed by atoms with E-state index in [1.54, 1.807) is 0 Å². The van der Waals surface area contributed by atoms with E-state index < -0.39 is 0 Å². The smallest absolute Gasteiger partial charge is 0.264 e. The maximum atomic E-state index is 12.1. The number of H-pyrrole nitrogens is 1. The first-order chi connectivity index (χ1) is 8.66. The second-order valence-electron chi connectivity index (χ2n) is 4.70. The zero-order chi connectivity index (χ0) is 13.0. The fraction of sp³-hybridized carbons (Fsp3) is 0.583. The molecule has 1 heterocycles. The second kappa shape index (κ2) is 5.77. The van der Waals surface area contributed by atoms with Crippen LogP contribution in [0.5, 0.6) is 0 Å². The summed E-state index contributed by atoms with van der Waals surface area (Å²) in [5.41, 5.74) is 5.73. The Kier molecular flexibility index (Phi) is 4.09. The van der Waals surface area contributed by atoms with Crippen LogP contribution in [0.25, 0.3) is 0 Å². The molecule has 0 radical (unpaired) electrons. The van der Waals surface area contributed by atoms with Crippen LogP contribution in [0.2, 0.25) is 0 Å². The van der Waals surface area contributed by atoms with Gasteiger partial charge in [0.05, 0.1) is 5.92 Å². The molecule has 0 aliphatic heterocycles. The fourth-order valence-corrected chi connectivity index (χ4v) is 2.29. The Morgan fingerprint density at radius 2 is 2.11 bits per heavy atom. The van der Waals surface area contributed by atoms with Crippen LogP contribution in [0.3, 0.4) is 0 Å². The van der Waals surface area contributed by atoms with Gasteiger partial charge in [-0.05, 0) is 18.9 Å². The number of aromatic amines is 1. The monoisotopic (exact) mass is 250 g/mol. The second-order valence-corrected chi connectivity index (χ2v) is 4.70. The molecule has 0 bridgehead atoms. The first kappa shape index (κ1) is 12.8. The zero-order valence-corrected chi connectivity index (χ0v) is 10.2. The number of carbonyl (C=O) groups is 1. The molecule has 0 spiro atoms. The van der Waals surface area contributed by atoms with Crippen LogP contribution in [0.1, 0.15) is 32.1 Å². The summed E-state index contributed by atoms with van der Waals surface area (Å²) < 4.78 is 0. The van der Waals surface area contributed by atoms with Gasteiger partial charge in [0.2, 0.25) is 5.91 Å². The molecule has 4 N–H and O–H groups in total. The SMILES string of the molecule is NC1CCCCCC1C(=O)Nc1ccc(=O)[nH]n1. The lowest BCUT2D eigenvalue weighted by molar-refractivity contribution is -0.120. The number of carbonyl (C=O) groups excluding carboxylic acids is 1. The van der Waals surface area contributed by atoms with Gasteiger partial charge in [-0.15, -0.1) is 0 Å². The summed E-state index contributed by atoms with van der Waals surface area (Å²) in [5.74, 6) is 0.0845. The number of hydrogen-bond donors (Lipinski definition) is 3. The van der Waals surface area contributed by atoms with Crippen LogP contribution in [0.4, 0.5) is 5.82 Å². The lowest BCUT2D eigenvalue weighted by Gasteiger charge is -2.19. The molecule has 1 amide bonds. The Morgan fingerprint density at radius 1 is 1.33 bits per heavy atom. The molecule has 18 heavy (non-hydrogen) atoms. The van der Waals surface area contributed by atoms with Gasteiger partial charge in [0.25, 0.3) is 5.56 Å². The summed E-state index contributed by atoms with van der Waals surface area (Å²) in [6.07, 6.45) is 4.95. The van der Waals surface area contributed by atoms with E-state index in [9.17, 15) is 9.59 Å². The lowest BCUT2D eigenvalue weighted by atomic mass is 9.94. The van der Waals surface area contributed by atoms with Crippen LogP contribution < -0.4 is 16.6 Å². The zero-order valence-electron chi connectivity index (χ0n) is 10.2. The molecular formula is C12H18N4O2. The predicted octanol–water partition coefficient (Wildman–Crippen LogP) is 0.616. The number of aromatic nitrogens is 2. The summed E-state index contributed by atoms with van der Waals surface area (Å²) in [6, 6.07) is 2.73. The van der Waals surface area contributed by atoms with E-state index in [0.29, 0.717) is 5.82 Å². The Labute approximate surface area is 105 Å². The Balaban J connectivity index is 2.01. The minimum atomic E-state index is -0.292. The summed E-state index contributed by atoms with van der Waals surface area (Å²) >= 11 is 0. The van der Waals surface area contributed by atoms with Crippen molar-refractivity contribution in [3.05, 3.63) is 22.5 Å². The molecule has 2 rings (SSSR count). The van der Waals surface area contributed by atoms with Crippen molar-refractivity contribution < 1.29 is 4.79 Å². The molecule has 98 valence electrons. The van der Waals surface area contributed by atoms with Crippen LogP contribution >= 0.6 is 0 Å². The fourth-order valence-electron chi connectivity index (χ4n) is 2.29. The van der Waals surface area contributed by atoms with Crippen molar-refractivity contribution in [3.63, 3.8) is 0 Å². The molecule has 0 saturated heterocycles. The average Bonchev–Trinajstić information content (AvgIpc) is 2.57. The van der Waals surface area contributed by atoms with E-state index in [1.165, 1.54) is 12.1 Å². The van der Waals surface area contributed by atoms with Crippen molar-refractivity contribution in [3.8, 4) is 0 Å². The van der Waals surface area contributed by atoms with Crippen LogP contribution in [0.15, 0.2) is 16.9 Å². The third-order valence-electron chi connectivity index (χ3n) is 3.34. The van der Waals surface area contributed by atoms with Crippen LogP contribution in [0, 0.1) is 5.92 Å². The molecule has 6 nitrogen and oxygen atoms in total. The van der Waals surface area contributed by atoms with Gasteiger partial charge in [0, 0.05) is 12.1 Å². The number of nitrogens with one attached hydrogen (secondary N) is 2. The quantitative estimate of drug-likeness (QED) is 0.669. The molecule has 1 aliphatic rings. The van der Waals surface area contributed by atoms with E-state index in [1.807, 2.05) is 0 Å². The van der Waals surface area contributed by atoms with Gasteiger partial charge in [-0.25, -0.2) is 5.10 Å². The standard InChI is InChI=1S/C12H18N4O2/c13-9-5-3-1-2-4-8(9)12(18)14-10-6-7-11(17)16-15-10/h6-9H,1-5,13H2,(H,16,17)(H,14,15,18). The number of rotatable bonds is 2. The normalized spacial score (nSPS) is 24.3. The number of anilines is 1. The predicted molar refractivity (Wildman–Crippen MR) is 68.0 cm³/mol. The Bertz CT molecular complexity index is 451. The van der Waals surface area contributed by atoms with Gasteiger partial charge in [-0.3, -0.25) is 9.59 Å². The van der Waals surface area contributed by atoms with E-state index in [0.717, 1.165) is 32.1 Å². The van der Waals surface area contributed by atoms with E-state index in [4.69, 9.17) is 5.73 Å². The highest BCUT2D eigenvalue weighted by Crippen LogP contribution is 2.23. The van der Waals surface area contributed by atoms with Crippen LogP contribution in [-0.2, 0) is 4.79 Å². The van der Waals surface area contributed by atoms with Gasteiger partial charge in [-0.1, -0.05) is 19.3 Å². The number of nitrogens with two attached hydrogens (primary N) is 1. The number of nitrogens with zero attached hydrogens (tertiary/aromatic N) is 1. The van der Waals surface area contributed by atoms with Gasteiger partial charge in [0.1, 0.15) is 0 Å². The molecular weight excluding hydrogens is 232 g/mol. The van der Waals surface area contributed by atoms with Gasteiger partial charge in [0.15, 0.2) is 5.82 Å². The lowest BCUT2D eigenvalue weighted by Crippen LogP contribution is -2.38. The largest absolute Gasteiger partial charge is 0.327 e. The highest BCUT2D eigenvalue weighted by Gasteiger charge is 2.27. The third kappa shape index (κ3) is 3.16. The summed E-state index contributed by atoms with van der Waals surface area (Å²) in [5, 5.41) is 8.73. The topological polar surface area (TPSA) is 101 Å². The molecule has 0 aromatic carbocycles. The van der Waals surface area contributed by atoms with Crippen molar-refractivity contribution in [1.29, 1.82) is 0 Å². The molecule has 1 saturated carbocycles. The van der Waals surface area contributed by atoms with Crippen molar-refractivity contribution >= 4 is 11.7 Å². The van der Waals surface area contributed by atoms with Crippen LogP contribution in [-0.4, -0.2) is 22.1 Å². The average molecular weight is 250 g/mol. The Hall–Kier alpha value is -1.69. The van der Waals surface area contributed by atoms with Crippen molar-refractivity contribution in [1.82, 2.24) is 10.2 Å². The van der Waals surface area contributed by atoms with Gasteiger partial charge < -0.3 is 11.1 Å². The molecule has 2 atom stereocenters. The minimum absolute atomic E-state index is 0.0877. The first-order valence-electron chi connectivity index (χ1n) is 6.29. The number of amides is 1. The highest BCUT2D eigenvalue weighted by molar-refractivity contribution is 5.92. The third-order valence-corrected chi connectivity index (χ3v) is 3.34. The first-order valence-corrected chi connectivity index (χ1v) is 6.29. The number of hydrogen-bond acceptors (Lipinski definition) is 4. The molecule has 6 heteroatoms. The summed E-state index contributed by atoms with van der Waals surface area (Å²) in [7, 11) is 0. The molecule has 1 aromatic heterocycles. The van der Waals surface area contributed by atoms with E-state index >= 15 is 0 Å². The maximum absolute atomic E-state index is 12.1. The summed E-state index contributed by atoms with van der Waals surface area (Å²) in [4.78, 5) is 22.9. The summed E-state index contributed by atoms with van der Waals surface area (Å²) in [6.45, 7) is 0. The van der Waals surface area contributed by atoms with Crippen molar-refractivity contribution in [2.24, 2.45) is 11.7 Å². The van der Waals surface area contributed by atoms with Crippen molar-refractivity contribution in [2.75, 3.05) is 5.32 Å². The Morgan fingerprint density at radius 3 is 2.83 bits per heavy atom. The van der Waals surface area contributed by atoms with E-state index in [2.05, 4.69) is 15.5 Å². The highest BCUT2D eigenvalue weighted by atomic mass is 16.2. The van der Waals surface area contributed by atoms with Gasteiger partial charge in [-0.2, -0.15) is 5.10 Å². The molecule has 1 aromatic rings. The maximum Gasteiger partial charge on any atom is 0.264 e. The van der Waals surface area contributed by atoms with Gasteiger partial charge >= 0.3 is 0 Å².